The van der Waals surface area contributed by atoms with Crippen LogP contribution in [0.5, 0.6) is 0 Å². The number of carbonyl (C=O) groups excluding carboxylic acids is 2. The molecule has 0 bridgehead atoms. The van der Waals surface area contributed by atoms with Gasteiger partial charge in [-0.05, 0) is 25.3 Å². The molecular formula is C29H41BrN2O4. The smallest absolute Gasteiger partial charge is 0.372 e. The third kappa shape index (κ3) is 8.13. The number of unbranched alkanes of at least 4 members (excludes halogenated alkanes) is 9. The minimum Gasteiger partial charge on any atom is -1.00 e. The van der Waals surface area contributed by atoms with Crippen molar-refractivity contribution in [2.45, 2.75) is 96.7 Å². The van der Waals surface area contributed by atoms with Gasteiger partial charge in [0.25, 0.3) is 5.91 Å². The number of nitrogens with one attached hydrogen (secondary N) is 1. The summed E-state index contributed by atoms with van der Waals surface area (Å²) in [6.07, 6.45) is 17.2. The van der Waals surface area contributed by atoms with E-state index in [0.717, 1.165) is 18.4 Å². The molecule has 7 heteroatoms. The Labute approximate surface area is 226 Å². The maximum atomic E-state index is 12.7. The highest BCUT2D eigenvalue weighted by Crippen LogP contribution is 2.34. The molecule has 2 aromatic rings. The van der Waals surface area contributed by atoms with Crippen LogP contribution in [0.1, 0.15) is 105 Å². The standard InChI is InChI=1S/C29H40N2O4.BrH/c1-3-5-6-7-8-9-10-11-12-13-15-23-16-14-17-24(20-23)29(34)26-18-19-31(22-27(32)35-4-2)21-25(26)28(33)30-29;/h14,16-21,34H,3-13,15,22H2,1-2H3;1H. The molecule has 1 atom stereocenters. The maximum Gasteiger partial charge on any atom is 0.372 e. The summed E-state index contributed by atoms with van der Waals surface area (Å²) in [5, 5.41) is 14.2. The van der Waals surface area contributed by atoms with E-state index in [9.17, 15) is 14.7 Å². The lowest BCUT2D eigenvalue weighted by Crippen LogP contribution is -3.00. The molecule has 6 nitrogen and oxygen atoms in total. The summed E-state index contributed by atoms with van der Waals surface area (Å²) in [4.78, 5) is 24.5. The van der Waals surface area contributed by atoms with E-state index >= 15 is 0 Å². The number of amides is 1. The van der Waals surface area contributed by atoms with Crippen LogP contribution >= 0.6 is 0 Å². The van der Waals surface area contributed by atoms with Gasteiger partial charge in [0.15, 0.2) is 18.1 Å². The van der Waals surface area contributed by atoms with E-state index in [4.69, 9.17) is 4.74 Å². The highest BCUT2D eigenvalue weighted by Gasteiger charge is 2.44. The van der Waals surface area contributed by atoms with Crippen LogP contribution in [0.4, 0.5) is 0 Å². The van der Waals surface area contributed by atoms with Gasteiger partial charge < -0.3 is 32.1 Å². The summed E-state index contributed by atoms with van der Waals surface area (Å²) >= 11 is 0. The van der Waals surface area contributed by atoms with Crippen molar-refractivity contribution in [2.75, 3.05) is 6.61 Å². The van der Waals surface area contributed by atoms with Crippen LogP contribution in [-0.4, -0.2) is 23.6 Å². The summed E-state index contributed by atoms with van der Waals surface area (Å²) in [5.74, 6) is -0.730. The van der Waals surface area contributed by atoms with Crippen LogP contribution in [0.25, 0.3) is 0 Å². The fraction of sp³-hybridized carbons (Fsp3) is 0.552. The minimum atomic E-state index is -1.58. The number of esters is 1. The monoisotopic (exact) mass is 560 g/mol. The second-order valence-electron chi connectivity index (χ2n) is 9.55. The van der Waals surface area contributed by atoms with Crippen molar-refractivity contribution in [3.8, 4) is 0 Å². The molecule has 1 aliphatic rings. The summed E-state index contributed by atoms with van der Waals surface area (Å²) in [6, 6.07) is 9.55. The molecule has 2 N–H and O–H groups in total. The van der Waals surface area contributed by atoms with Crippen LogP contribution in [0.2, 0.25) is 0 Å². The summed E-state index contributed by atoms with van der Waals surface area (Å²) in [6.45, 7) is 4.33. The maximum absolute atomic E-state index is 12.7. The zero-order chi connectivity index (χ0) is 25.1. The first-order valence-electron chi connectivity index (χ1n) is 13.3. The molecule has 0 spiro atoms. The highest BCUT2D eigenvalue weighted by molar-refractivity contribution is 5.99. The van der Waals surface area contributed by atoms with Crippen LogP contribution in [0.3, 0.4) is 0 Å². The number of hydrogen-bond donors (Lipinski definition) is 2. The summed E-state index contributed by atoms with van der Waals surface area (Å²) in [5.41, 5.74) is 1.09. The van der Waals surface area contributed by atoms with Gasteiger partial charge in [0.1, 0.15) is 5.56 Å². The van der Waals surface area contributed by atoms with Crippen molar-refractivity contribution in [2.24, 2.45) is 0 Å². The zero-order valence-electron chi connectivity index (χ0n) is 21.7. The topological polar surface area (TPSA) is 79.5 Å². The molecule has 1 amide bonds. The van der Waals surface area contributed by atoms with Gasteiger partial charge in [-0.2, -0.15) is 4.57 Å². The highest BCUT2D eigenvalue weighted by atomic mass is 79.9. The number of aliphatic hydroxyl groups is 1. The molecule has 1 unspecified atom stereocenters. The third-order valence-electron chi connectivity index (χ3n) is 6.73. The van der Waals surface area contributed by atoms with Crippen molar-refractivity contribution in [3.63, 3.8) is 0 Å². The van der Waals surface area contributed by atoms with Gasteiger partial charge in [-0.25, -0.2) is 4.79 Å². The quantitative estimate of drug-likeness (QED) is 0.198. The molecule has 0 radical (unpaired) electrons. The molecule has 0 aliphatic carbocycles. The SMILES string of the molecule is CCCCCCCCCCCCc1cccc(C2(O)NC(=O)c3c[n+](CC(=O)OCC)ccc32)c1.[Br-]. The molecular weight excluding hydrogens is 520 g/mol. The molecule has 0 fully saturated rings. The lowest BCUT2D eigenvalue weighted by atomic mass is 9.93. The molecule has 1 aliphatic heterocycles. The van der Waals surface area contributed by atoms with Gasteiger partial charge in [0.05, 0.1) is 6.61 Å². The Morgan fingerprint density at radius 1 is 1.00 bits per heavy atom. The molecule has 1 aromatic carbocycles. The second kappa shape index (κ2) is 15.1. The zero-order valence-corrected chi connectivity index (χ0v) is 23.3. The second-order valence-corrected chi connectivity index (χ2v) is 9.55. The molecule has 1 aromatic heterocycles. The number of nitrogens with zero attached hydrogens (tertiary/aromatic N) is 1. The predicted molar refractivity (Wildman–Crippen MR) is 136 cm³/mol. The number of aromatic nitrogens is 1. The number of rotatable bonds is 15. The van der Waals surface area contributed by atoms with Crippen LogP contribution in [-0.2, 0) is 28.2 Å². The number of ether oxygens (including phenoxy) is 1. The fourth-order valence-electron chi connectivity index (χ4n) is 4.78. The van der Waals surface area contributed by atoms with Crippen molar-refractivity contribution < 1.29 is 41.0 Å². The van der Waals surface area contributed by atoms with E-state index in [1.807, 2.05) is 18.2 Å². The van der Waals surface area contributed by atoms with E-state index < -0.39 is 5.72 Å². The van der Waals surface area contributed by atoms with Gasteiger partial charge >= 0.3 is 5.97 Å². The lowest BCUT2D eigenvalue weighted by Gasteiger charge is -2.24. The Kier molecular flexibility index (Phi) is 12.6. The van der Waals surface area contributed by atoms with Crippen molar-refractivity contribution in [1.82, 2.24) is 5.32 Å². The van der Waals surface area contributed by atoms with Gasteiger partial charge in [-0.15, -0.1) is 0 Å². The fourth-order valence-corrected chi connectivity index (χ4v) is 4.78. The minimum absolute atomic E-state index is 0. The number of pyridine rings is 1. The molecule has 36 heavy (non-hydrogen) atoms. The summed E-state index contributed by atoms with van der Waals surface area (Å²) in [7, 11) is 0. The van der Waals surface area contributed by atoms with Gasteiger partial charge in [-0.3, -0.25) is 4.79 Å². The largest absolute Gasteiger partial charge is 1.00 e. The lowest BCUT2D eigenvalue weighted by molar-refractivity contribution is -0.686. The number of hydrogen-bond acceptors (Lipinski definition) is 4. The van der Waals surface area contributed by atoms with E-state index in [0.29, 0.717) is 23.3 Å². The van der Waals surface area contributed by atoms with Crippen LogP contribution < -0.4 is 26.9 Å². The predicted octanol–water partition coefficient (Wildman–Crippen LogP) is 1.94. The first kappa shape index (κ1) is 30.0. The van der Waals surface area contributed by atoms with E-state index in [2.05, 4.69) is 18.3 Å². The Bertz CT molecular complexity index is 997. The molecule has 0 saturated heterocycles. The average Bonchev–Trinajstić information content (AvgIpc) is 3.11. The van der Waals surface area contributed by atoms with E-state index in [1.165, 1.54) is 57.8 Å². The average molecular weight is 562 g/mol. The van der Waals surface area contributed by atoms with Gasteiger partial charge in [0, 0.05) is 17.2 Å². The number of benzene rings is 1. The summed E-state index contributed by atoms with van der Waals surface area (Å²) < 4.78 is 6.58. The van der Waals surface area contributed by atoms with Crippen LogP contribution in [0.15, 0.2) is 42.7 Å². The number of halogens is 1. The molecule has 198 valence electrons. The number of aryl methyl sites for hydroxylation is 1. The van der Waals surface area contributed by atoms with Crippen molar-refractivity contribution in [1.29, 1.82) is 0 Å². The van der Waals surface area contributed by atoms with Crippen molar-refractivity contribution >= 4 is 11.9 Å². The normalized spacial score (nSPS) is 16.2. The molecule has 0 saturated carbocycles. The Hall–Kier alpha value is -2.25. The third-order valence-corrected chi connectivity index (χ3v) is 6.73. The Balaban J connectivity index is 0.00000456. The van der Waals surface area contributed by atoms with Gasteiger partial charge in [-0.1, -0.05) is 89.0 Å². The Morgan fingerprint density at radius 2 is 1.67 bits per heavy atom. The first-order valence-corrected chi connectivity index (χ1v) is 13.3. The molecule has 2 heterocycles. The Morgan fingerprint density at radius 3 is 2.33 bits per heavy atom. The van der Waals surface area contributed by atoms with Crippen LogP contribution in [0, 0.1) is 0 Å². The van der Waals surface area contributed by atoms with E-state index in [-0.39, 0.29) is 35.4 Å². The van der Waals surface area contributed by atoms with Crippen molar-refractivity contribution in [3.05, 3.63) is 65.0 Å². The number of fused-ring (bicyclic) bond motifs is 1. The number of carbonyl (C=O) groups is 2. The molecule has 3 rings (SSSR count). The van der Waals surface area contributed by atoms with Gasteiger partial charge in [0.2, 0.25) is 6.54 Å². The van der Waals surface area contributed by atoms with E-state index in [1.54, 1.807) is 30.0 Å². The first-order chi connectivity index (χ1) is 17.0.